The molecule has 0 radical (unpaired) electrons. The van der Waals surface area contributed by atoms with Crippen LogP contribution in [0.5, 0.6) is 0 Å². The molecule has 1 fully saturated rings. The molecular formula is C14H28F3IN4. The van der Waals surface area contributed by atoms with Gasteiger partial charge in [0.05, 0.1) is 6.42 Å². The second kappa shape index (κ2) is 11.3. The number of guanidine groups is 1. The van der Waals surface area contributed by atoms with E-state index in [1.807, 2.05) is 6.92 Å². The highest BCUT2D eigenvalue weighted by Gasteiger charge is 2.26. The highest BCUT2D eigenvalue weighted by molar-refractivity contribution is 14.0. The van der Waals surface area contributed by atoms with Gasteiger partial charge in [-0.1, -0.05) is 6.92 Å². The molecule has 0 amide bonds. The van der Waals surface area contributed by atoms with Crippen molar-refractivity contribution in [2.75, 3.05) is 39.3 Å². The first-order valence-electron chi connectivity index (χ1n) is 7.76. The number of halogens is 4. The average Bonchev–Trinajstić information content (AvgIpc) is 2.83. The van der Waals surface area contributed by atoms with Gasteiger partial charge in [-0.05, 0) is 38.8 Å². The van der Waals surface area contributed by atoms with Crippen LogP contribution in [0.1, 0.15) is 33.1 Å². The van der Waals surface area contributed by atoms with E-state index in [0.29, 0.717) is 25.0 Å². The molecule has 22 heavy (non-hydrogen) atoms. The Morgan fingerprint density at radius 2 is 2.00 bits per heavy atom. The van der Waals surface area contributed by atoms with Gasteiger partial charge < -0.3 is 15.5 Å². The summed E-state index contributed by atoms with van der Waals surface area (Å²) < 4.78 is 36.4. The number of nitrogens with one attached hydrogen (secondary N) is 2. The minimum Gasteiger partial charge on any atom is -0.357 e. The van der Waals surface area contributed by atoms with Crippen molar-refractivity contribution < 1.29 is 13.2 Å². The van der Waals surface area contributed by atoms with Crippen molar-refractivity contribution in [1.29, 1.82) is 0 Å². The van der Waals surface area contributed by atoms with Gasteiger partial charge >= 0.3 is 6.18 Å². The number of aliphatic imine (C=N–C) groups is 1. The fourth-order valence-corrected chi connectivity index (χ4v) is 2.47. The standard InChI is InChI=1S/C14H27F3N4.HI/c1-3-8-21-9-5-12(11-21)10-20-13(18-4-2)19-7-6-14(15,16)17;/h12H,3-11H2,1-2H3,(H2,18,19,20);1H. The Balaban J connectivity index is 0.00000441. The van der Waals surface area contributed by atoms with E-state index < -0.39 is 12.6 Å². The van der Waals surface area contributed by atoms with Crippen LogP contribution in [0, 0.1) is 5.92 Å². The second-order valence-corrected chi connectivity index (χ2v) is 5.47. The molecule has 1 aliphatic rings. The zero-order valence-corrected chi connectivity index (χ0v) is 15.7. The maximum Gasteiger partial charge on any atom is 0.390 e. The van der Waals surface area contributed by atoms with Gasteiger partial charge in [0.15, 0.2) is 5.96 Å². The molecule has 2 N–H and O–H groups in total. The van der Waals surface area contributed by atoms with Gasteiger partial charge in [-0.15, -0.1) is 24.0 Å². The fraction of sp³-hybridized carbons (Fsp3) is 0.929. The van der Waals surface area contributed by atoms with Gasteiger partial charge in [0.2, 0.25) is 0 Å². The summed E-state index contributed by atoms with van der Waals surface area (Å²) in [5, 5.41) is 5.73. The molecule has 0 aromatic heterocycles. The lowest BCUT2D eigenvalue weighted by Gasteiger charge is -2.15. The van der Waals surface area contributed by atoms with Crippen LogP contribution >= 0.6 is 24.0 Å². The highest BCUT2D eigenvalue weighted by Crippen LogP contribution is 2.18. The lowest BCUT2D eigenvalue weighted by Crippen LogP contribution is -2.39. The molecule has 0 aliphatic carbocycles. The molecule has 1 unspecified atom stereocenters. The highest BCUT2D eigenvalue weighted by atomic mass is 127. The summed E-state index contributed by atoms with van der Waals surface area (Å²) >= 11 is 0. The Morgan fingerprint density at radius 3 is 2.59 bits per heavy atom. The third-order valence-corrected chi connectivity index (χ3v) is 3.46. The van der Waals surface area contributed by atoms with E-state index in [9.17, 15) is 13.2 Å². The lowest BCUT2D eigenvalue weighted by atomic mass is 10.1. The molecule has 1 heterocycles. The van der Waals surface area contributed by atoms with Crippen molar-refractivity contribution in [1.82, 2.24) is 15.5 Å². The van der Waals surface area contributed by atoms with Crippen LogP contribution in [0.3, 0.4) is 0 Å². The van der Waals surface area contributed by atoms with Crippen LogP contribution in [0.25, 0.3) is 0 Å². The monoisotopic (exact) mass is 436 g/mol. The zero-order chi connectivity index (χ0) is 15.7. The van der Waals surface area contributed by atoms with Crippen LogP contribution in [0.4, 0.5) is 13.2 Å². The molecule has 1 aliphatic heterocycles. The van der Waals surface area contributed by atoms with E-state index in [2.05, 4.69) is 27.4 Å². The molecule has 1 saturated heterocycles. The largest absolute Gasteiger partial charge is 0.390 e. The number of hydrogen-bond acceptors (Lipinski definition) is 2. The summed E-state index contributed by atoms with van der Waals surface area (Å²) in [6.45, 7) is 8.50. The fourth-order valence-electron chi connectivity index (χ4n) is 2.47. The number of alkyl halides is 3. The minimum atomic E-state index is -4.13. The minimum absolute atomic E-state index is 0. The van der Waals surface area contributed by atoms with Gasteiger partial charge in [0.25, 0.3) is 0 Å². The number of rotatable bonds is 7. The summed E-state index contributed by atoms with van der Waals surface area (Å²) in [6, 6.07) is 0. The van der Waals surface area contributed by atoms with Crippen molar-refractivity contribution in [3.8, 4) is 0 Å². The molecule has 1 atom stereocenters. The first-order valence-corrected chi connectivity index (χ1v) is 7.76. The Hall–Kier alpha value is -0.250. The quantitative estimate of drug-likeness (QED) is 0.367. The van der Waals surface area contributed by atoms with Crippen molar-refractivity contribution in [2.24, 2.45) is 10.9 Å². The summed E-state index contributed by atoms with van der Waals surface area (Å²) in [5.41, 5.74) is 0. The Kier molecular flexibility index (Phi) is 11.2. The lowest BCUT2D eigenvalue weighted by molar-refractivity contribution is -0.132. The van der Waals surface area contributed by atoms with E-state index in [1.54, 1.807) is 0 Å². The summed E-state index contributed by atoms with van der Waals surface area (Å²) in [5.74, 6) is 0.991. The third-order valence-electron chi connectivity index (χ3n) is 3.46. The Morgan fingerprint density at radius 1 is 1.27 bits per heavy atom. The molecule has 0 saturated carbocycles. The van der Waals surface area contributed by atoms with E-state index in [0.717, 1.165) is 32.5 Å². The first kappa shape index (κ1) is 21.8. The van der Waals surface area contributed by atoms with E-state index in [-0.39, 0.29) is 30.5 Å². The smallest absolute Gasteiger partial charge is 0.357 e. The maximum absolute atomic E-state index is 12.1. The van der Waals surface area contributed by atoms with Gasteiger partial charge in [-0.3, -0.25) is 4.99 Å². The molecular weight excluding hydrogens is 408 g/mol. The van der Waals surface area contributed by atoms with E-state index in [4.69, 9.17) is 0 Å². The maximum atomic E-state index is 12.1. The molecule has 0 bridgehead atoms. The second-order valence-electron chi connectivity index (χ2n) is 5.47. The molecule has 0 aromatic rings. The summed E-state index contributed by atoms with van der Waals surface area (Å²) in [6.07, 6.45) is -2.70. The summed E-state index contributed by atoms with van der Waals surface area (Å²) in [7, 11) is 0. The van der Waals surface area contributed by atoms with Gasteiger partial charge in [0, 0.05) is 26.2 Å². The van der Waals surface area contributed by atoms with Crippen LogP contribution < -0.4 is 10.6 Å². The van der Waals surface area contributed by atoms with Gasteiger partial charge in [-0.25, -0.2) is 0 Å². The Bertz CT molecular complexity index is 324. The van der Waals surface area contributed by atoms with Crippen LogP contribution in [-0.4, -0.2) is 56.3 Å². The number of hydrogen-bond donors (Lipinski definition) is 2. The van der Waals surface area contributed by atoms with Gasteiger partial charge in [-0.2, -0.15) is 13.2 Å². The molecule has 132 valence electrons. The van der Waals surface area contributed by atoms with Crippen molar-refractivity contribution >= 4 is 29.9 Å². The summed E-state index contributed by atoms with van der Waals surface area (Å²) in [4.78, 5) is 6.83. The SMILES string of the molecule is CCCN1CCC(CN=C(NCC)NCCC(F)(F)F)C1.I. The molecule has 0 spiro atoms. The van der Waals surface area contributed by atoms with Crippen LogP contribution in [-0.2, 0) is 0 Å². The third kappa shape index (κ3) is 9.70. The van der Waals surface area contributed by atoms with Crippen molar-refractivity contribution in [3.63, 3.8) is 0 Å². The molecule has 1 rings (SSSR count). The van der Waals surface area contributed by atoms with Crippen molar-refractivity contribution in [3.05, 3.63) is 0 Å². The normalized spacial score (nSPS) is 19.9. The number of likely N-dealkylation sites (tertiary alicyclic amines) is 1. The zero-order valence-electron chi connectivity index (χ0n) is 13.4. The van der Waals surface area contributed by atoms with E-state index >= 15 is 0 Å². The van der Waals surface area contributed by atoms with Crippen LogP contribution in [0.2, 0.25) is 0 Å². The topological polar surface area (TPSA) is 39.7 Å². The molecule has 8 heteroatoms. The number of nitrogens with zero attached hydrogens (tertiary/aromatic N) is 2. The molecule has 0 aromatic carbocycles. The predicted molar refractivity (Wildman–Crippen MR) is 94.9 cm³/mol. The Labute approximate surface area is 148 Å². The van der Waals surface area contributed by atoms with Crippen LogP contribution in [0.15, 0.2) is 4.99 Å². The van der Waals surface area contributed by atoms with E-state index in [1.165, 1.54) is 0 Å². The average molecular weight is 436 g/mol. The first-order chi connectivity index (χ1) is 9.94. The predicted octanol–water partition coefficient (Wildman–Crippen LogP) is 2.84. The molecule has 4 nitrogen and oxygen atoms in total. The van der Waals surface area contributed by atoms with Crippen molar-refractivity contribution in [2.45, 2.75) is 39.3 Å². The van der Waals surface area contributed by atoms with Gasteiger partial charge in [0.1, 0.15) is 0 Å².